The van der Waals surface area contributed by atoms with Crippen molar-refractivity contribution < 1.29 is 0 Å². The number of hydrogen-bond acceptors (Lipinski definition) is 8. The van der Waals surface area contributed by atoms with Crippen LogP contribution in [-0.2, 0) is 0 Å². The Hall–Kier alpha value is 0.900. The molecule has 0 bridgehead atoms. The van der Waals surface area contributed by atoms with Crippen molar-refractivity contribution in [2.75, 3.05) is 0 Å². The van der Waals surface area contributed by atoms with Gasteiger partial charge < -0.3 is 0 Å². The summed E-state index contributed by atoms with van der Waals surface area (Å²) in [5.74, 6) is 0. The molecule has 0 amide bonds. The van der Waals surface area contributed by atoms with Crippen LogP contribution in [0.15, 0.2) is 93.7 Å². The average Bonchev–Trinajstić information content (AvgIpc) is 3.43. The van der Waals surface area contributed by atoms with Crippen LogP contribution in [0.5, 0.6) is 0 Å². The lowest BCUT2D eigenvalue weighted by molar-refractivity contribution is 1.61. The van der Waals surface area contributed by atoms with E-state index in [2.05, 4.69) is 91.2 Å². The average molecular weight is 691 g/mol. The molecule has 32 heavy (non-hydrogen) atoms. The van der Waals surface area contributed by atoms with Crippen LogP contribution in [-0.4, -0.2) is 0 Å². The molecule has 0 N–H and O–H groups in total. The molecular weight excluding hydrogens is 681 g/mol. The van der Waals surface area contributed by atoms with Crippen molar-refractivity contribution in [2.45, 2.75) is 0 Å². The van der Waals surface area contributed by atoms with E-state index in [0.29, 0.717) is 0 Å². The Morgan fingerprint density at radius 3 is 1.16 bits per heavy atom. The van der Waals surface area contributed by atoms with Crippen molar-refractivity contribution >= 4 is 136 Å². The van der Waals surface area contributed by atoms with Gasteiger partial charge in [0.25, 0.3) is 0 Å². The van der Waals surface area contributed by atoms with Gasteiger partial charge in [0.1, 0.15) is 0 Å². The number of rotatable bonds is 2. The Labute approximate surface area is 237 Å². The first-order valence-corrected chi connectivity index (χ1v) is 17.4. The second-order valence-electron chi connectivity index (χ2n) is 6.55. The lowest BCUT2D eigenvalue weighted by Gasteiger charge is -2.13. The predicted molar refractivity (Wildman–Crippen MR) is 166 cm³/mol. The minimum absolute atomic E-state index is 1.12. The molecule has 4 aliphatic heterocycles. The normalized spacial score (nSPS) is 22.7. The summed E-state index contributed by atoms with van der Waals surface area (Å²) in [6, 6.07) is 17.2. The highest BCUT2D eigenvalue weighted by Crippen LogP contribution is 2.70. The van der Waals surface area contributed by atoms with Gasteiger partial charge in [0, 0.05) is 18.8 Å². The Bertz CT molecular complexity index is 1170. The van der Waals surface area contributed by atoms with Gasteiger partial charge in [-0.2, -0.15) is 0 Å². The molecule has 2 aromatic rings. The Kier molecular flexibility index (Phi) is 7.36. The molecule has 160 valence electrons. The van der Waals surface area contributed by atoms with Crippen molar-refractivity contribution in [1.82, 2.24) is 0 Å². The smallest absolute Gasteiger partial charge is 0.0718 e. The van der Waals surface area contributed by atoms with E-state index in [9.17, 15) is 0 Å². The fourth-order valence-corrected chi connectivity index (χ4v) is 15.0. The molecule has 0 aromatic heterocycles. The highest BCUT2D eigenvalue weighted by atomic mass is 79.9. The monoisotopic (exact) mass is 688 g/mol. The standard InChI is InChI=1S/C22H10Br2S8/c23-13-5-1-11(2-6-13)15-9-25-17-19(27-15)31-21(29-17)22-30-18-20(32-22)28-16(10-26-18)12-3-7-14(24)8-4-12/h1-10H/b22-21+. The molecule has 2 aromatic carbocycles. The molecule has 6 rings (SSSR count). The molecule has 0 saturated carbocycles. The van der Waals surface area contributed by atoms with Gasteiger partial charge in [-0.25, -0.2) is 0 Å². The Morgan fingerprint density at radius 2 is 0.750 bits per heavy atom. The highest BCUT2D eigenvalue weighted by Gasteiger charge is 2.34. The molecule has 0 aliphatic carbocycles. The van der Waals surface area contributed by atoms with E-state index in [4.69, 9.17) is 0 Å². The summed E-state index contributed by atoms with van der Waals surface area (Å²) in [6.07, 6.45) is 0. The van der Waals surface area contributed by atoms with Crippen LogP contribution in [0.2, 0.25) is 0 Å². The molecule has 0 unspecified atom stereocenters. The second kappa shape index (κ2) is 10.1. The predicted octanol–water partition coefficient (Wildman–Crippen LogP) is 11.8. The Balaban J connectivity index is 1.14. The van der Waals surface area contributed by atoms with Crippen LogP contribution in [0.4, 0.5) is 0 Å². The first kappa shape index (κ1) is 23.3. The minimum atomic E-state index is 1.12. The van der Waals surface area contributed by atoms with Crippen molar-refractivity contribution in [3.8, 4) is 0 Å². The van der Waals surface area contributed by atoms with E-state index in [1.165, 1.54) is 46.4 Å². The van der Waals surface area contributed by atoms with Crippen LogP contribution >= 0.6 is 126 Å². The van der Waals surface area contributed by atoms with Gasteiger partial charge in [-0.1, -0.05) is 150 Å². The zero-order valence-electron chi connectivity index (χ0n) is 15.8. The number of thioether (sulfide) groups is 8. The molecule has 10 heteroatoms. The molecule has 0 saturated heterocycles. The van der Waals surface area contributed by atoms with Crippen molar-refractivity contribution in [2.24, 2.45) is 0 Å². The van der Waals surface area contributed by atoms with Crippen LogP contribution in [0.3, 0.4) is 0 Å². The van der Waals surface area contributed by atoms with E-state index in [1.807, 2.05) is 94.1 Å². The van der Waals surface area contributed by atoms with E-state index in [-0.39, 0.29) is 0 Å². The van der Waals surface area contributed by atoms with Gasteiger partial charge in [0.15, 0.2) is 0 Å². The number of hydrogen-bond donors (Lipinski definition) is 0. The summed E-state index contributed by atoms with van der Waals surface area (Å²) in [7, 11) is 0. The van der Waals surface area contributed by atoms with Gasteiger partial charge in [-0.15, -0.1) is 0 Å². The van der Waals surface area contributed by atoms with Gasteiger partial charge >= 0.3 is 0 Å². The third-order valence-corrected chi connectivity index (χ3v) is 17.0. The molecule has 4 aliphatic rings. The summed E-state index contributed by atoms with van der Waals surface area (Å²) in [5, 5.41) is 4.60. The third kappa shape index (κ3) is 4.92. The molecule has 0 nitrogen and oxygen atoms in total. The highest BCUT2D eigenvalue weighted by molar-refractivity contribution is 9.10. The first-order valence-electron chi connectivity index (χ1n) is 9.18. The Morgan fingerprint density at radius 1 is 0.406 bits per heavy atom. The maximum Gasteiger partial charge on any atom is 0.0718 e. The lowest BCUT2D eigenvalue weighted by atomic mass is 10.2. The molecule has 0 spiro atoms. The lowest BCUT2D eigenvalue weighted by Crippen LogP contribution is -1.83. The first-order chi connectivity index (χ1) is 15.6. The maximum absolute atomic E-state index is 3.53. The van der Waals surface area contributed by atoms with Gasteiger partial charge in [-0.05, 0) is 46.2 Å². The van der Waals surface area contributed by atoms with Crippen LogP contribution in [0.1, 0.15) is 11.1 Å². The number of benzene rings is 2. The summed E-state index contributed by atoms with van der Waals surface area (Å²) < 4.78 is 10.8. The maximum atomic E-state index is 3.53. The quantitative estimate of drug-likeness (QED) is 0.302. The summed E-state index contributed by atoms with van der Waals surface area (Å²) >= 11 is 22.4. The largest absolute Gasteiger partial charge is 0.0877 e. The van der Waals surface area contributed by atoms with Crippen molar-refractivity contribution in [1.29, 1.82) is 0 Å². The fourth-order valence-electron chi connectivity index (χ4n) is 2.93. The molecule has 0 fully saturated rings. The van der Waals surface area contributed by atoms with Crippen molar-refractivity contribution in [3.63, 3.8) is 0 Å². The topological polar surface area (TPSA) is 0 Å². The molecule has 0 atom stereocenters. The van der Waals surface area contributed by atoms with Crippen LogP contribution in [0, 0.1) is 0 Å². The van der Waals surface area contributed by atoms with Crippen LogP contribution < -0.4 is 0 Å². The molecular formula is C22H10Br2S8. The molecule has 0 radical (unpaired) electrons. The van der Waals surface area contributed by atoms with E-state index in [0.717, 1.165) is 8.95 Å². The van der Waals surface area contributed by atoms with Crippen LogP contribution in [0.25, 0.3) is 9.81 Å². The van der Waals surface area contributed by atoms with E-state index in [1.54, 1.807) is 0 Å². The van der Waals surface area contributed by atoms with E-state index >= 15 is 0 Å². The third-order valence-electron chi connectivity index (χ3n) is 4.45. The fraction of sp³-hybridized carbons (Fsp3) is 0. The summed E-state index contributed by atoms with van der Waals surface area (Å²) in [4.78, 5) is 2.67. The second-order valence-corrected chi connectivity index (χ2v) is 17.9. The zero-order chi connectivity index (χ0) is 21.7. The van der Waals surface area contributed by atoms with Crippen molar-refractivity contribution in [3.05, 3.63) is 105 Å². The van der Waals surface area contributed by atoms with E-state index < -0.39 is 0 Å². The number of halogens is 2. The van der Waals surface area contributed by atoms with Gasteiger partial charge in [0.2, 0.25) is 0 Å². The molecule has 4 heterocycles. The zero-order valence-corrected chi connectivity index (χ0v) is 25.5. The minimum Gasteiger partial charge on any atom is -0.0877 e. The summed E-state index contributed by atoms with van der Waals surface area (Å²) in [6.45, 7) is 0. The summed E-state index contributed by atoms with van der Waals surface area (Å²) in [5.41, 5.74) is 2.56. The SMILES string of the molecule is Brc1ccc(C2=CSC3=C(S2)S/C(=C2\SC4=C(SC(c5ccc(Br)cc5)=CS4)S2)S3)cc1. The van der Waals surface area contributed by atoms with Gasteiger partial charge in [0.05, 0.1) is 25.4 Å². The van der Waals surface area contributed by atoms with Gasteiger partial charge in [-0.3, -0.25) is 0 Å².